The Morgan fingerprint density at radius 1 is 1.06 bits per heavy atom. The summed E-state index contributed by atoms with van der Waals surface area (Å²) in [6, 6.07) is 18.6. The number of carbonyl (C=O) groups excluding carboxylic acids is 1. The van der Waals surface area contributed by atoms with Crippen LogP contribution in [-0.2, 0) is 6.42 Å². The highest BCUT2D eigenvalue weighted by atomic mass is 16.2. The molecular weight excluding hydrogens is 424 g/mol. The van der Waals surface area contributed by atoms with Gasteiger partial charge in [-0.25, -0.2) is 14.8 Å². The van der Waals surface area contributed by atoms with Crippen molar-refractivity contribution in [3.05, 3.63) is 83.8 Å². The average Bonchev–Trinajstić information content (AvgIpc) is 3.51. The molecule has 0 saturated carbocycles. The molecule has 7 nitrogen and oxygen atoms in total. The number of aromatic nitrogens is 3. The van der Waals surface area contributed by atoms with Crippen molar-refractivity contribution in [2.24, 2.45) is 0 Å². The Kier molecular flexibility index (Phi) is 5.37. The molecule has 2 unspecified atom stereocenters. The van der Waals surface area contributed by atoms with Gasteiger partial charge in [0.2, 0.25) is 0 Å². The molecule has 0 spiro atoms. The number of carbonyl (C=O) groups is 1. The average molecular weight is 453 g/mol. The number of aromatic amines is 1. The predicted molar refractivity (Wildman–Crippen MR) is 134 cm³/mol. The fourth-order valence-electron chi connectivity index (χ4n) is 5.46. The number of hydrogen-bond acceptors (Lipinski definition) is 4. The SMILES string of the molecule is O=C(Nc1cccc(C2CCCN(c3ncnc4[nH]ccc34)C2)c1)NC1CCc2ccccc21. The van der Waals surface area contributed by atoms with E-state index in [1.807, 2.05) is 30.5 Å². The number of nitrogens with one attached hydrogen (secondary N) is 3. The summed E-state index contributed by atoms with van der Waals surface area (Å²) in [5.74, 6) is 1.37. The molecular formula is C27H28N6O. The fourth-order valence-corrected chi connectivity index (χ4v) is 5.46. The minimum Gasteiger partial charge on any atom is -0.355 e. The Morgan fingerprint density at radius 2 is 2.00 bits per heavy atom. The van der Waals surface area contributed by atoms with Gasteiger partial charge in [-0.2, -0.15) is 0 Å². The Labute approximate surface area is 198 Å². The third-order valence-electron chi connectivity index (χ3n) is 7.11. The number of nitrogens with zero attached hydrogens (tertiary/aromatic N) is 3. The highest BCUT2D eigenvalue weighted by Gasteiger charge is 2.25. The maximum absolute atomic E-state index is 12.8. The summed E-state index contributed by atoms with van der Waals surface area (Å²) in [7, 11) is 0. The summed E-state index contributed by atoms with van der Waals surface area (Å²) in [6.07, 6.45) is 7.71. The Morgan fingerprint density at radius 3 is 2.97 bits per heavy atom. The molecule has 34 heavy (non-hydrogen) atoms. The number of urea groups is 1. The highest BCUT2D eigenvalue weighted by molar-refractivity contribution is 5.90. The molecule has 1 aliphatic heterocycles. The number of rotatable bonds is 4. The van der Waals surface area contributed by atoms with Gasteiger partial charge in [0.25, 0.3) is 0 Å². The van der Waals surface area contributed by atoms with Crippen molar-refractivity contribution in [2.75, 3.05) is 23.3 Å². The zero-order valence-corrected chi connectivity index (χ0v) is 19.0. The monoisotopic (exact) mass is 452 g/mol. The molecule has 1 fully saturated rings. The molecule has 2 amide bonds. The van der Waals surface area contributed by atoms with Crippen LogP contribution in [0.25, 0.3) is 11.0 Å². The van der Waals surface area contributed by atoms with Gasteiger partial charge in [0, 0.05) is 30.9 Å². The normalized spacial score (nSPS) is 19.7. The second-order valence-electron chi connectivity index (χ2n) is 9.24. The van der Waals surface area contributed by atoms with E-state index in [0.29, 0.717) is 5.92 Å². The maximum atomic E-state index is 12.8. The summed E-state index contributed by atoms with van der Waals surface area (Å²) >= 11 is 0. The van der Waals surface area contributed by atoms with Gasteiger partial charge in [-0.05, 0) is 60.6 Å². The molecule has 2 aromatic heterocycles. The number of amides is 2. The van der Waals surface area contributed by atoms with Crippen molar-refractivity contribution in [3.63, 3.8) is 0 Å². The summed E-state index contributed by atoms with van der Waals surface area (Å²) in [6.45, 7) is 1.88. The van der Waals surface area contributed by atoms with Crippen molar-refractivity contribution in [1.29, 1.82) is 0 Å². The number of H-pyrrole nitrogens is 1. The van der Waals surface area contributed by atoms with Crippen molar-refractivity contribution < 1.29 is 4.79 Å². The van der Waals surface area contributed by atoms with Crippen LogP contribution in [0.15, 0.2) is 67.1 Å². The lowest BCUT2D eigenvalue weighted by atomic mass is 9.90. The molecule has 1 saturated heterocycles. The minimum absolute atomic E-state index is 0.0735. The van der Waals surface area contributed by atoms with Crippen LogP contribution in [0.1, 0.15) is 47.9 Å². The lowest BCUT2D eigenvalue weighted by Crippen LogP contribution is -2.35. The molecule has 1 aliphatic carbocycles. The molecule has 7 heteroatoms. The Balaban J connectivity index is 1.14. The quantitative estimate of drug-likeness (QED) is 0.400. The topological polar surface area (TPSA) is 85.9 Å². The van der Waals surface area contributed by atoms with Gasteiger partial charge in [0.15, 0.2) is 0 Å². The summed E-state index contributed by atoms with van der Waals surface area (Å²) in [5.41, 5.74) is 5.50. The van der Waals surface area contributed by atoms with Crippen molar-refractivity contribution >= 4 is 28.6 Å². The summed E-state index contributed by atoms with van der Waals surface area (Å²) in [4.78, 5) is 27.2. The Bertz CT molecular complexity index is 1330. The maximum Gasteiger partial charge on any atom is 0.319 e. The zero-order chi connectivity index (χ0) is 22.9. The summed E-state index contributed by atoms with van der Waals surface area (Å²) < 4.78 is 0. The predicted octanol–water partition coefficient (Wildman–Crippen LogP) is 5.15. The zero-order valence-electron chi connectivity index (χ0n) is 19.0. The summed E-state index contributed by atoms with van der Waals surface area (Å²) in [5, 5.41) is 7.26. The molecule has 3 heterocycles. The van der Waals surface area contributed by atoms with Gasteiger partial charge in [0.1, 0.15) is 17.8 Å². The second kappa shape index (κ2) is 8.82. The van der Waals surface area contributed by atoms with Crippen molar-refractivity contribution in [2.45, 2.75) is 37.6 Å². The Hall–Kier alpha value is -3.87. The van der Waals surface area contributed by atoms with Gasteiger partial charge < -0.3 is 20.5 Å². The molecule has 6 rings (SSSR count). The smallest absolute Gasteiger partial charge is 0.319 e. The van der Waals surface area contributed by atoms with Crippen molar-refractivity contribution in [1.82, 2.24) is 20.3 Å². The van der Waals surface area contributed by atoms with Crippen LogP contribution < -0.4 is 15.5 Å². The van der Waals surface area contributed by atoms with Crippen LogP contribution >= 0.6 is 0 Å². The van der Waals surface area contributed by atoms with E-state index < -0.39 is 0 Å². The first-order valence-electron chi connectivity index (χ1n) is 12.0. The van der Waals surface area contributed by atoms with E-state index in [1.54, 1.807) is 6.33 Å². The van der Waals surface area contributed by atoms with Crippen molar-refractivity contribution in [3.8, 4) is 0 Å². The van der Waals surface area contributed by atoms with Crippen LogP contribution in [0.5, 0.6) is 0 Å². The van der Waals surface area contributed by atoms with Gasteiger partial charge >= 0.3 is 6.03 Å². The van der Waals surface area contributed by atoms with E-state index in [0.717, 1.165) is 61.3 Å². The van der Waals surface area contributed by atoms with E-state index in [1.165, 1.54) is 16.7 Å². The number of fused-ring (bicyclic) bond motifs is 2. The first-order chi connectivity index (χ1) is 16.7. The molecule has 2 aromatic carbocycles. The first kappa shape index (κ1) is 20.7. The fraction of sp³-hybridized carbons (Fsp3) is 0.296. The second-order valence-corrected chi connectivity index (χ2v) is 9.24. The largest absolute Gasteiger partial charge is 0.355 e. The van der Waals surface area contributed by atoms with Gasteiger partial charge in [-0.3, -0.25) is 0 Å². The third-order valence-corrected chi connectivity index (χ3v) is 7.11. The number of benzene rings is 2. The van der Waals surface area contributed by atoms with Gasteiger partial charge in [0.05, 0.1) is 11.4 Å². The van der Waals surface area contributed by atoms with E-state index in [9.17, 15) is 4.79 Å². The van der Waals surface area contributed by atoms with Crippen LogP contribution in [0.2, 0.25) is 0 Å². The number of piperidine rings is 1. The van der Waals surface area contributed by atoms with E-state index >= 15 is 0 Å². The third kappa shape index (κ3) is 3.98. The lowest BCUT2D eigenvalue weighted by Gasteiger charge is -2.34. The molecule has 0 radical (unpaired) electrons. The van der Waals surface area contributed by atoms with Gasteiger partial charge in [-0.1, -0.05) is 36.4 Å². The van der Waals surface area contributed by atoms with Crippen LogP contribution in [-0.4, -0.2) is 34.1 Å². The standard InChI is InChI=1S/C27H28N6O/c34-27(32-24-11-10-18-5-1-2-9-22(18)24)31-21-8-3-6-19(15-21)20-7-4-14-33(16-20)26-23-12-13-28-25(23)29-17-30-26/h1-3,5-6,8-9,12-13,15,17,20,24H,4,7,10-11,14,16H2,(H,28,29,30)(H2,31,32,34). The van der Waals surface area contributed by atoms with E-state index in [2.05, 4.69) is 60.8 Å². The van der Waals surface area contributed by atoms with Crippen LogP contribution in [0.4, 0.5) is 16.3 Å². The number of anilines is 2. The van der Waals surface area contributed by atoms with Crippen LogP contribution in [0.3, 0.4) is 0 Å². The van der Waals surface area contributed by atoms with Gasteiger partial charge in [-0.15, -0.1) is 0 Å². The molecule has 172 valence electrons. The minimum atomic E-state index is -0.153. The van der Waals surface area contributed by atoms with E-state index in [4.69, 9.17) is 0 Å². The number of aryl methyl sites for hydroxylation is 1. The lowest BCUT2D eigenvalue weighted by molar-refractivity contribution is 0.248. The first-order valence-corrected chi connectivity index (χ1v) is 12.0. The molecule has 2 atom stereocenters. The number of hydrogen-bond donors (Lipinski definition) is 3. The molecule has 0 bridgehead atoms. The molecule has 2 aliphatic rings. The molecule has 3 N–H and O–H groups in total. The van der Waals surface area contributed by atoms with Crippen LogP contribution in [0, 0.1) is 0 Å². The molecule has 4 aromatic rings. The van der Waals surface area contributed by atoms with E-state index in [-0.39, 0.29) is 12.1 Å². The highest BCUT2D eigenvalue weighted by Crippen LogP contribution is 2.33.